The molecule has 3 nitrogen and oxygen atoms in total. The maximum absolute atomic E-state index is 5.46. The SMILES string of the molecule is COc1ccc(N2c3cccc4c3B3c5c(cccc5N(c5ccccc5)c5cccc2c53)S4)cc1. The van der Waals surface area contributed by atoms with Crippen LogP contribution in [0, 0.1) is 0 Å². The number of methoxy groups -OCH3 is 1. The Morgan fingerprint density at radius 2 is 1.03 bits per heavy atom. The van der Waals surface area contributed by atoms with E-state index in [0.29, 0.717) is 0 Å². The highest BCUT2D eigenvalue weighted by molar-refractivity contribution is 8.00. The summed E-state index contributed by atoms with van der Waals surface area (Å²) in [5, 5.41) is 0. The number of nitrogens with zero attached hydrogens (tertiary/aromatic N) is 2. The van der Waals surface area contributed by atoms with E-state index in [2.05, 4.69) is 107 Å². The van der Waals surface area contributed by atoms with Gasteiger partial charge in [-0.15, -0.1) is 0 Å². The van der Waals surface area contributed by atoms with Crippen LogP contribution in [-0.4, -0.2) is 13.8 Å². The Balaban J connectivity index is 1.47. The van der Waals surface area contributed by atoms with Crippen LogP contribution in [0.5, 0.6) is 5.75 Å². The molecule has 8 rings (SSSR count). The third kappa shape index (κ3) is 2.61. The first-order valence-electron chi connectivity index (χ1n) is 12.2. The molecule has 0 bridgehead atoms. The van der Waals surface area contributed by atoms with Crippen molar-refractivity contribution in [1.82, 2.24) is 0 Å². The summed E-state index contributed by atoms with van der Waals surface area (Å²) in [5.74, 6) is 0.864. The number of rotatable bonds is 3. The van der Waals surface area contributed by atoms with Crippen molar-refractivity contribution in [3.8, 4) is 5.75 Å². The fraction of sp³-hybridized carbons (Fsp3) is 0.0323. The smallest absolute Gasteiger partial charge is 0.255 e. The van der Waals surface area contributed by atoms with E-state index in [4.69, 9.17) is 4.74 Å². The molecular weight excluding hydrogens is 459 g/mol. The highest BCUT2D eigenvalue weighted by atomic mass is 32.2. The van der Waals surface area contributed by atoms with Gasteiger partial charge in [-0.1, -0.05) is 48.2 Å². The molecule has 0 aromatic heterocycles. The highest BCUT2D eigenvalue weighted by Gasteiger charge is 2.47. The normalized spacial score (nSPS) is 14.0. The van der Waals surface area contributed by atoms with E-state index in [9.17, 15) is 0 Å². The zero-order valence-corrected chi connectivity index (χ0v) is 20.5. The van der Waals surface area contributed by atoms with E-state index in [-0.39, 0.29) is 6.71 Å². The second-order valence-corrected chi connectivity index (χ2v) is 10.4. The van der Waals surface area contributed by atoms with E-state index in [1.807, 2.05) is 23.9 Å². The van der Waals surface area contributed by atoms with Crippen molar-refractivity contribution in [2.45, 2.75) is 9.79 Å². The van der Waals surface area contributed by atoms with Crippen molar-refractivity contribution >= 4 is 69.0 Å². The minimum absolute atomic E-state index is 0.212. The number of anilines is 6. The number of hydrogen-bond acceptors (Lipinski definition) is 4. The van der Waals surface area contributed by atoms with Crippen LogP contribution in [0.1, 0.15) is 0 Å². The van der Waals surface area contributed by atoms with Gasteiger partial charge in [0.2, 0.25) is 0 Å². The van der Waals surface area contributed by atoms with Crippen LogP contribution >= 0.6 is 11.8 Å². The average molecular weight is 480 g/mol. The zero-order valence-electron chi connectivity index (χ0n) is 19.7. The lowest BCUT2D eigenvalue weighted by Crippen LogP contribution is -2.63. The molecule has 0 atom stereocenters. The molecule has 0 N–H and O–H groups in total. The van der Waals surface area contributed by atoms with Crippen LogP contribution in [0.15, 0.2) is 119 Å². The summed E-state index contributed by atoms with van der Waals surface area (Å²) in [6.45, 7) is 0.212. The summed E-state index contributed by atoms with van der Waals surface area (Å²) in [4.78, 5) is 7.56. The molecule has 3 aliphatic rings. The lowest BCUT2D eigenvalue weighted by molar-refractivity contribution is 0.415. The maximum atomic E-state index is 5.46. The average Bonchev–Trinajstić information content (AvgIpc) is 2.94. The van der Waals surface area contributed by atoms with Gasteiger partial charge in [0, 0.05) is 43.9 Å². The molecule has 0 spiro atoms. The molecule has 0 saturated heterocycles. The Hall–Kier alpha value is -4.09. The molecular formula is C31H21BN2OS. The third-order valence-electron chi connectivity index (χ3n) is 7.54. The summed E-state index contributed by atoms with van der Waals surface area (Å²) in [6.07, 6.45) is 0. The van der Waals surface area contributed by atoms with Gasteiger partial charge in [0.15, 0.2) is 0 Å². The predicted octanol–water partition coefficient (Wildman–Crippen LogP) is 6.24. The van der Waals surface area contributed by atoms with Crippen LogP contribution in [-0.2, 0) is 0 Å². The second-order valence-electron chi connectivity index (χ2n) is 9.33. The molecule has 5 aromatic carbocycles. The molecule has 0 radical (unpaired) electrons. The second kappa shape index (κ2) is 7.46. The number of ether oxygens (including phenoxy) is 1. The van der Waals surface area contributed by atoms with Crippen LogP contribution < -0.4 is 30.9 Å². The topological polar surface area (TPSA) is 15.7 Å². The van der Waals surface area contributed by atoms with E-state index in [0.717, 1.165) is 11.4 Å². The monoisotopic (exact) mass is 480 g/mol. The lowest BCUT2D eigenvalue weighted by Gasteiger charge is -2.46. The lowest BCUT2D eigenvalue weighted by atomic mass is 9.33. The fourth-order valence-corrected chi connectivity index (χ4v) is 7.31. The Bertz CT molecular complexity index is 1670. The van der Waals surface area contributed by atoms with Crippen molar-refractivity contribution in [2.75, 3.05) is 16.9 Å². The quantitative estimate of drug-likeness (QED) is 0.278. The van der Waals surface area contributed by atoms with Crippen LogP contribution in [0.25, 0.3) is 0 Å². The molecule has 36 heavy (non-hydrogen) atoms. The molecule has 5 heteroatoms. The number of para-hydroxylation sites is 1. The van der Waals surface area contributed by atoms with Gasteiger partial charge in [-0.2, -0.15) is 0 Å². The Labute approximate surface area is 215 Å². The number of benzene rings is 5. The highest BCUT2D eigenvalue weighted by Crippen LogP contribution is 2.48. The Morgan fingerprint density at radius 3 is 1.58 bits per heavy atom. The summed E-state index contributed by atoms with van der Waals surface area (Å²) in [7, 11) is 1.71. The van der Waals surface area contributed by atoms with Crippen molar-refractivity contribution in [3.05, 3.63) is 109 Å². The van der Waals surface area contributed by atoms with Gasteiger partial charge < -0.3 is 14.5 Å². The van der Waals surface area contributed by atoms with E-state index >= 15 is 0 Å². The molecule has 170 valence electrons. The van der Waals surface area contributed by atoms with Gasteiger partial charge in [0.25, 0.3) is 6.71 Å². The predicted molar refractivity (Wildman–Crippen MR) is 151 cm³/mol. The fourth-order valence-electron chi connectivity index (χ4n) is 6.12. The standard InChI is InChI=1S/C31H21BN2OS/c1-35-22-18-16-21(17-19-22)34-24-11-5-10-23-29(24)32-30-25(33(23)20-8-3-2-4-9-20)12-6-14-27(30)36-28-15-7-13-26(34)31(28)32/h2-19H,1H3. The van der Waals surface area contributed by atoms with E-state index in [1.165, 1.54) is 54.6 Å². The zero-order chi connectivity index (χ0) is 23.8. The van der Waals surface area contributed by atoms with Gasteiger partial charge in [0.1, 0.15) is 5.75 Å². The number of hydrogen-bond donors (Lipinski definition) is 0. The molecule has 5 aromatic rings. The molecule has 0 amide bonds. The molecule has 0 aliphatic carbocycles. The maximum Gasteiger partial charge on any atom is 0.255 e. The van der Waals surface area contributed by atoms with Crippen molar-refractivity contribution in [2.24, 2.45) is 0 Å². The van der Waals surface area contributed by atoms with Crippen molar-refractivity contribution < 1.29 is 4.74 Å². The minimum Gasteiger partial charge on any atom is -0.497 e. The summed E-state index contributed by atoms with van der Waals surface area (Å²) >= 11 is 1.89. The first-order chi connectivity index (χ1) is 17.8. The van der Waals surface area contributed by atoms with Gasteiger partial charge in [-0.25, -0.2) is 0 Å². The van der Waals surface area contributed by atoms with Gasteiger partial charge in [0.05, 0.1) is 7.11 Å². The first kappa shape index (κ1) is 20.1. The van der Waals surface area contributed by atoms with Crippen molar-refractivity contribution in [1.29, 1.82) is 0 Å². The summed E-state index contributed by atoms with van der Waals surface area (Å²) in [6, 6.07) is 39.4. The Morgan fingerprint density at radius 1 is 0.528 bits per heavy atom. The molecule has 3 aliphatic heterocycles. The van der Waals surface area contributed by atoms with Gasteiger partial charge >= 0.3 is 0 Å². The molecule has 0 saturated carbocycles. The van der Waals surface area contributed by atoms with Gasteiger partial charge in [-0.05, 0) is 89.2 Å². The molecule has 0 fully saturated rings. The minimum atomic E-state index is 0.212. The van der Waals surface area contributed by atoms with E-state index in [1.54, 1.807) is 7.11 Å². The molecule has 0 unspecified atom stereocenters. The first-order valence-corrected chi connectivity index (χ1v) is 13.0. The Kier molecular flexibility index (Phi) is 4.17. The van der Waals surface area contributed by atoms with Gasteiger partial charge in [-0.3, -0.25) is 0 Å². The van der Waals surface area contributed by atoms with Crippen LogP contribution in [0.4, 0.5) is 34.1 Å². The van der Waals surface area contributed by atoms with Crippen LogP contribution in [0.3, 0.4) is 0 Å². The van der Waals surface area contributed by atoms with Crippen LogP contribution in [0.2, 0.25) is 0 Å². The largest absolute Gasteiger partial charge is 0.497 e. The third-order valence-corrected chi connectivity index (χ3v) is 8.69. The molecule has 3 heterocycles. The van der Waals surface area contributed by atoms with E-state index < -0.39 is 0 Å². The summed E-state index contributed by atoms with van der Waals surface area (Å²) < 4.78 is 5.46. The van der Waals surface area contributed by atoms with Crippen molar-refractivity contribution in [3.63, 3.8) is 0 Å². The summed E-state index contributed by atoms with van der Waals surface area (Å²) in [5.41, 5.74) is 11.5.